The average Bonchev–Trinajstić information content (AvgIpc) is 2.40. The highest BCUT2D eigenvalue weighted by atomic mass is 16.4. The van der Waals surface area contributed by atoms with Crippen molar-refractivity contribution in [3.8, 4) is 0 Å². The van der Waals surface area contributed by atoms with Gasteiger partial charge >= 0.3 is 12.0 Å². The molecule has 110 valence electrons. The number of carbonyl (C=O) groups is 2. The molecule has 0 radical (unpaired) electrons. The molecule has 1 aromatic carbocycles. The number of hydrogen-bond acceptors (Lipinski definition) is 2. The summed E-state index contributed by atoms with van der Waals surface area (Å²) in [5.74, 6) is -1.47. The molecule has 1 N–H and O–H groups in total. The zero-order valence-electron chi connectivity index (χ0n) is 12.5. The summed E-state index contributed by atoms with van der Waals surface area (Å²) in [5.41, 5.74) is 2.22. The molecule has 5 heteroatoms. The first kappa shape index (κ1) is 16.0. The molecule has 0 aliphatic rings. The number of hydrogen-bond donors (Lipinski definition) is 1. The summed E-state index contributed by atoms with van der Waals surface area (Å²) in [5, 5.41) is 8.86. The lowest BCUT2D eigenvalue weighted by atomic mass is 10.1. The van der Waals surface area contributed by atoms with E-state index in [0.29, 0.717) is 6.54 Å². The molecule has 5 nitrogen and oxygen atoms in total. The summed E-state index contributed by atoms with van der Waals surface area (Å²) in [6.45, 7) is 4.31. The van der Waals surface area contributed by atoms with E-state index in [1.165, 1.54) is 10.5 Å². The van der Waals surface area contributed by atoms with E-state index in [1.54, 1.807) is 25.9 Å². The molecule has 0 bridgehead atoms. The SMILES string of the molecule is Cc1ccc(CN(C)C(=O)N(C)CC(C)C(=O)O)cc1. The maximum atomic E-state index is 12.1. The van der Waals surface area contributed by atoms with Crippen molar-refractivity contribution < 1.29 is 14.7 Å². The maximum Gasteiger partial charge on any atom is 0.319 e. The minimum atomic E-state index is -0.897. The predicted molar refractivity (Wildman–Crippen MR) is 77.5 cm³/mol. The van der Waals surface area contributed by atoms with Gasteiger partial charge in [0.25, 0.3) is 0 Å². The van der Waals surface area contributed by atoms with Gasteiger partial charge in [-0.15, -0.1) is 0 Å². The van der Waals surface area contributed by atoms with Crippen LogP contribution in [0.1, 0.15) is 18.1 Å². The zero-order valence-corrected chi connectivity index (χ0v) is 12.5. The highest BCUT2D eigenvalue weighted by Crippen LogP contribution is 2.08. The molecule has 1 aromatic rings. The minimum absolute atomic E-state index is 0.182. The Morgan fingerprint density at radius 2 is 1.70 bits per heavy atom. The quantitative estimate of drug-likeness (QED) is 0.898. The fraction of sp³-hybridized carbons (Fsp3) is 0.467. The summed E-state index contributed by atoms with van der Waals surface area (Å²) in [4.78, 5) is 25.9. The molecule has 2 amide bonds. The first-order chi connectivity index (χ1) is 9.31. The van der Waals surface area contributed by atoms with Crippen LogP contribution >= 0.6 is 0 Å². The molecule has 1 rings (SSSR count). The highest BCUT2D eigenvalue weighted by Gasteiger charge is 2.19. The normalized spacial score (nSPS) is 11.8. The van der Waals surface area contributed by atoms with E-state index >= 15 is 0 Å². The molecule has 0 heterocycles. The van der Waals surface area contributed by atoms with Gasteiger partial charge in [0.15, 0.2) is 0 Å². The lowest BCUT2D eigenvalue weighted by Gasteiger charge is -2.26. The van der Waals surface area contributed by atoms with Crippen LogP contribution < -0.4 is 0 Å². The van der Waals surface area contributed by atoms with Crippen molar-refractivity contribution >= 4 is 12.0 Å². The van der Waals surface area contributed by atoms with Crippen LogP contribution in [0.3, 0.4) is 0 Å². The molecular weight excluding hydrogens is 256 g/mol. The van der Waals surface area contributed by atoms with Crippen molar-refractivity contribution in [2.24, 2.45) is 5.92 Å². The van der Waals surface area contributed by atoms with Gasteiger partial charge in [-0.1, -0.05) is 36.8 Å². The van der Waals surface area contributed by atoms with Crippen molar-refractivity contribution in [1.82, 2.24) is 9.80 Å². The molecule has 1 atom stereocenters. The minimum Gasteiger partial charge on any atom is -0.481 e. The third kappa shape index (κ3) is 4.57. The van der Waals surface area contributed by atoms with Gasteiger partial charge in [-0.3, -0.25) is 4.79 Å². The molecule has 0 aliphatic carbocycles. The largest absolute Gasteiger partial charge is 0.481 e. The number of aryl methyl sites for hydroxylation is 1. The summed E-state index contributed by atoms with van der Waals surface area (Å²) < 4.78 is 0. The number of rotatable bonds is 5. The topological polar surface area (TPSA) is 60.9 Å². The van der Waals surface area contributed by atoms with Gasteiger partial charge in [0.1, 0.15) is 0 Å². The number of amides is 2. The van der Waals surface area contributed by atoms with Crippen LogP contribution in [-0.4, -0.2) is 47.5 Å². The second-order valence-electron chi connectivity index (χ2n) is 5.24. The molecule has 0 saturated heterocycles. The Hall–Kier alpha value is -2.04. The number of aliphatic carboxylic acids is 1. The monoisotopic (exact) mass is 278 g/mol. The van der Waals surface area contributed by atoms with Crippen LogP contribution in [0.4, 0.5) is 4.79 Å². The second kappa shape index (κ2) is 6.93. The van der Waals surface area contributed by atoms with E-state index in [9.17, 15) is 9.59 Å². The van der Waals surface area contributed by atoms with Crippen LogP contribution in [0.15, 0.2) is 24.3 Å². The van der Waals surface area contributed by atoms with Gasteiger partial charge in [0.2, 0.25) is 0 Å². The van der Waals surface area contributed by atoms with Crippen molar-refractivity contribution in [2.45, 2.75) is 20.4 Å². The molecule has 0 aliphatic heterocycles. The van der Waals surface area contributed by atoms with Gasteiger partial charge in [0.05, 0.1) is 5.92 Å². The standard InChI is InChI=1S/C15H22N2O3/c1-11-5-7-13(8-6-11)10-17(4)15(20)16(3)9-12(2)14(18)19/h5-8,12H,9-10H2,1-4H3,(H,18,19). The Kier molecular flexibility index (Phi) is 5.55. The number of urea groups is 1. The first-order valence-corrected chi connectivity index (χ1v) is 6.56. The lowest BCUT2D eigenvalue weighted by Crippen LogP contribution is -2.41. The summed E-state index contributed by atoms with van der Waals surface area (Å²) >= 11 is 0. The number of nitrogens with zero attached hydrogens (tertiary/aromatic N) is 2. The van der Waals surface area contributed by atoms with Crippen LogP contribution in [0.5, 0.6) is 0 Å². The fourth-order valence-corrected chi connectivity index (χ4v) is 1.89. The Morgan fingerprint density at radius 3 is 2.20 bits per heavy atom. The van der Waals surface area contributed by atoms with E-state index in [1.807, 2.05) is 31.2 Å². The average molecular weight is 278 g/mol. The number of carbonyl (C=O) groups excluding carboxylic acids is 1. The van der Waals surface area contributed by atoms with Crippen LogP contribution in [0.25, 0.3) is 0 Å². The van der Waals surface area contributed by atoms with E-state index in [4.69, 9.17) is 5.11 Å². The van der Waals surface area contributed by atoms with Gasteiger partial charge in [-0.25, -0.2) is 4.79 Å². The number of benzene rings is 1. The first-order valence-electron chi connectivity index (χ1n) is 6.56. The smallest absolute Gasteiger partial charge is 0.319 e. The van der Waals surface area contributed by atoms with Crippen LogP contribution in [0, 0.1) is 12.8 Å². The van der Waals surface area contributed by atoms with Crippen molar-refractivity contribution in [2.75, 3.05) is 20.6 Å². The Labute approximate surface area is 119 Å². The van der Waals surface area contributed by atoms with Crippen molar-refractivity contribution in [3.63, 3.8) is 0 Å². The van der Waals surface area contributed by atoms with Crippen molar-refractivity contribution in [1.29, 1.82) is 0 Å². The Bertz CT molecular complexity index is 471. The van der Waals surface area contributed by atoms with E-state index in [2.05, 4.69) is 0 Å². The second-order valence-corrected chi connectivity index (χ2v) is 5.24. The molecule has 0 spiro atoms. The summed E-state index contributed by atoms with van der Waals surface area (Å²) in [6.07, 6.45) is 0. The summed E-state index contributed by atoms with van der Waals surface area (Å²) in [7, 11) is 3.33. The van der Waals surface area contributed by atoms with E-state index < -0.39 is 11.9 Å². The maximum absolute atomic E-state index is 12.1. The third-order valence-corrected chi connectivity index (χ3v) is 3.16. The zero-order chi connectivity index (χ0) is 15.3. The third-order valence-electron chi connectivity index (χ3n) is 3.16. The Balaban J connectivity index is 2.57. The van der Waals surface area contributed by atoms with E-state index in [0.717, 1.165) is 5.56 Å². The fourth-order valence-electron chi connectivity index (χ4n) is 1.89. The van der Waals surface area contributed by atoms with Gasteiger partial charge < -0.3 is 14.9 Å². The van der Waals surface area contributed by atoms with Gasteiger partial charge in [-0.05, 0) is 12.5 Å². The molecular formula is C15H22N2O3. The molecule has 0 fully saturated rings. The summed E-state index contributed by atoms with van der Waals surface area (Å²) in [6, 6.07) is 7.80. The molecule has 0 aromatic heterocycles. The van der Waals surface area contributed by atoms with Crippen LogP contribution in [0.2, 0.25) is 0 Å². The Morgan fingerprint density at radius 1 is 1.15 bits per heavy atom. The lowest BCUT2D eigenvalue weighted by molar-refractivity contribution is -0.141. The van der Waals surface area contributed by atoms with Crippen molar-refractivity contribution in [3.05, 3.63) is 35.4 Å². The van der Waals surface area contributed by atoms with Gasteiger partial charge in [0, 0.05) is 27.2 Å². The molecule has 1 unspecified atom stereocenters. The molecule has 0 saturated carbocycles. The predicted octanol–water partition coefficient (Wildman–Crippen LogP) is 2.20. The molecule has 20 heavy (non-hydrogen) atoms. The van der Waals surface area contributed by atoms with E-state index in [-0.39, 0.29) is 12.6 Å². The number of carboxylic acid groups (broad SMARTS) is 1. The highest BCUT2D eigenvalue weighted by molar-refractivity contribution is 5.75. The number of carboxylic acids is 1. The van der Waals surface area contributed by atoms with Gasteiger partial charge in [-0.2, -0.15) is 0 Å². The van der Waals surface area contributed by atoms with Crippen LogP contribution in [-0.2, 0) is 11.3 Å².